The van der Waals surface area contributed by atoms with Gasteiger partial charge >= 0.3 is 11.9 Å². The number of nitriles is 1. The summed E-state index contributed by atoms with van der Waals surface area (Å²) in [5.41, 5.74) is 0.827. The first-order valence-electron chi connectivity index (χ1n) is 9.21. The molecule has 32 heavy (non-hydrogen) atoms. The number of carbonyl (C=O) groups is 3. The highest BCUT2D eigenvalue weighted by atomic mass is 35.5. The number of esters is 1. The Kier molecular flexibility index (Phi) is 8.63. The standard InChI is InChI=1S/C22H19ClN2O7/c1-3-31-18-10-13(9-17(23)20(18)32-12-19(26)27)8-15(11-24)21(28)25-16-6-4-14(5-7-16)22(29)30-2/h4-10H,3,12H2,1-2H3,(H,25,28)(H,26,27)/b15-8+. The van der Waals surface area contributed by atoms with Crippen molar-refractivity contribution >= 4 is 41.2 Å². The fourth-order valence-electron chi connectivity index (χ4n) is 2.53. The Morgan fingerprint density at radius 2 is 1.88 bits per heavy atom. The molecule has 1 amide bonds. The van der Waals surface area contributed by atoms with Crippen molar-refractivity contribution < 1.29 is 33.7 Å². The molecule has 2 rings (SSSR count). The van der Waals surface area contributed by atoms with Crippen molar-refractivity contribution in [2.24, 2.45) is 0 Å². The molecule has 0 fully saturated rings. The zero-order valence-electron chi connectivity index (χ0n) is 17.2. The molecule has 2 N–H and O–H groups in total. The third-order valence-corrected chi connectivity index (χ3v) is 4.19. The van der Waals surface area contributed by atoms with Crippen LogP contribution in [0.5, 0.6) is 11.5 Å². The molecule has 0 aromatic heterocycles. The monoisotopic (exact) mass is 458 g/mol. The number of nitrogens with one attached hydrogen (secondary N) is 1. The van der Waals surface area contributed by atoms with Gasteiger partial charge in [0.25, 0.3) is 5.91 Å². The maximum absolute atomic E-state index is 12.5. The lowest BCUT2D eigenvalue weighted by atomic mass is 10.1. The number of hydrogen-bond acceptors (Lipinski definition) is 7. The van der Waals surface area contributed by atoms with Crippen LogP contribution in [0.15, 0.2) is 42.0 Å². The number of ether oxygens (including phenoxy) is 3. The van der Waals surface area contributed by atoms with Gasteiger partial charge in [-0.1, -0.05) is 11.6 Å². The summed E-state index contributed by atoms with van der Waals surface area (Å²) in [5.74, 6) is -2.17. The van der Waals surface area contributed by atoms with Gasteiger partial charge in [-0.25, -0.2) is 9.59 Å². The molecule has 0 heterocycles. The van der Waals surface area contributed by atoms with Gasteiger partial charge in [0.2, 0.25) is 0 Å². The number of carboxylic acids is 1. The SMILES string of the molecule is CCOc1cc(/C=C(\C#N)C(=O)Nc2ccc(C(=O)OC)cc2)cc(Cl)c1OCC(=O)O. The van der Waals surface area contributed by atoms with Crippen LogP contribution < -0.4 is 14.8 Å². The number of carboxylic acid groups (broad SMARTS) is 1. The number of nitrogens with zero attached hydrogens (tertiary/aromatic N) is 1. The van der Waals surface area contributed by atoms with Crippen LogP contribution in [0.2, 0.25) is 5.02 Å². The van der Waals surface area contributed by atoms with E-state index in [9.17, 15) is 19.6 Å². The number of amides is 1. The first-order valence-corrected chi connectivity index (χ1v) is 9.59. The number of hydrogen-bond donors (Lipinski definition) is 2. The van der Waals surface area contributed by atoms with Crippen molar-refractivity contribution in [3.8, 4) is 17.6 Å². The van der Waals surface area contributed by atoms with Crippen LogP contribution in [-0.4, -0.2) is 43.3 Å². The first-order chi connectivity index (χ1) is 15.3. The van der Waals surface area contributed by atoms with E-state index in [1.165, 1.54) is 49.6 Å². The van der Waals surface area contributed by atoms with Gasteiger partial charge in [-0.05, 0) is 55.0 Å². The summed E-state index contributed by atoms with van der Waals surface area (Å²) < 4.78 is 15.2. The summed E-state index contributed by atoms with van der Waals surface area (Å²) in [4.78, 5) is 34.8. The van der Waals surface area contributed by atoms with Crippen LogP contribution in [0.1, 0.15) is 22.8 Å². The van der Waals surface area contributed by atoms with Crippen molar-refractivity contribution in [2.75, 3.05) is 25.6 Å². The van der Waals surface area contributed by atoms with E-state index in [1.807, 2.05) is 6.07 Å². The number of aliphatic carboxylic acids is 1. The second-order valence-electron chi connectivity index (χ2n) is 6.14. The Morgan fingerprint density at radius 3 is 2.44 bits per heavy atom. The maximum Gasteiger partial charge on any atom is 0.341 e. The minimum Gasteiger partial charge on any atom is -0.490 e. The van der Waals surface area contributed by atoms with Gasteiger partial charge in [-0.3, -0.25) is 4.79 Å². The van der Waals surface area contributed by atoms with E-state index < -0.39 is 24.5 Å². The summed E-state index contributed by atoms with van der Waals surface area (Å²) in [6.45, 7) is 1.35. The third kappa shape index (κ3) is 6.48. The molecule has 2 aromatic rings. The van der Waals surface area contributed by atoms with Crippen molar-refractivity contribution in [3.63, 3.8) is 0 Å². The molecule has 0 aliphatic carbocycles. The average Bonchev–Trinajstić information content (AvgIpc) is 2.76. The molecule has 0 unspecified atom stereocenters. The van der Waals surface area contributed by atoms with Crippen LogP contribution in [0.4, 0.5) is 5.69 Å². The summed E-state index contributed by atoms with van der Waals surface area (Å²) >= 11 is 6.19. The highest BCUT2D eigenvalue weighted by molar-refractivity contribution is 6.32. The highest BCUT2D eigenvalue weighted by Crippen LogP contribution is 2.37. The molecule has 0 aliphatic heterocycles. The zero-order chi connectivity index (χ0) is 23.7. The van der Waals surface area contributed by atoms with E-state index in [0.29, 0.717) is 16.8 Å². The highest BCUT2D eigenvalue weighted by Gasteiger charge is 2.16. The molecule has 0 aliphatic rings. The number of methoxy groups -OCH3 is 1. The Hall–Kier alpha value is -4.03. The van der Waals surface area contributed by atoms with Crippen LogP contribution in [0.25, 0.3) is 6.08 Å². The van der Waals surface area contributed by atoms with Crippen molar-refractivity contribution in [1.82, 2.24) is 0 Å². The van der Waals surface area contributed by atoms with E-state index in [4.69, 9.17) is 26.2 Å². The molecule has 166 valence electrons. The van der Waals surface area contributed by atoms with Gasteiger partial charge in [-0.15, -0.1) is 0 Å². The predicted molar refractivity (Wildman–Crippen MR) is 116 cm³/mol. The number of benzene rings is 2. The number of halogens is 1. The lowest BCUT2D eigenvalue weighted by Gasteiger charge is -2.13. The molecular formula is C22H19ClN2O7. The minimum absolute atomic E-state index is 0.0433. The van der Waals surface area contributed by atoms with Gasteiger partial charge in [0, 0.05) is 5.69 Å². The van der Waals surface area contributed by atoms with Gasteiger partial charge in [0.05, 0.1) is 24.3 Å². The Balaban J connectivity index is 2.27. The largest absolute Gasteiger partial charge is 0.490 e. The molecule has 9 nitrogen and oxygen atoms in total. The summed E-state index contributed by atoms with van der Waals surface area (Å²) in [6.07, 6.45) is 1.30. The second kappa shape index (κ2) is 11.4. The molecule has 0 atom stereocenters. The summed E-state index contributed by atoms with van der Waals surface area (Å²) in [6, 6.07) is 10.6. The van der Waals surface area contributed by atoms with Gasteiger partial charge < -0.3 is 24.6 Å². The first kappa shape index (κ1) is 24.2. The van der Waals surface area contributed by atoms with E-state index >= 15 is 0 Å². The molecule has 2 aromatic carbocycles. The van der Waals surface area contributed by atoms with Crippen LogP contribution in [0, 0.1) is 11.3 Å². The molecule has 0 bridgehead atoms. The fourth-order valence-corrected chi connectivity index (χ4v) is 2.80. The molecular weight excluding hydrogens is 440 g/mol. The summed E-state index contributed by atoms with van der Waals surface area (Å²) in [7, 11) is 1.26. The molecule has 10 heteroatoms. The molecule has 0 saturated heterocycles. The summed E-state index contributed by atoms with van der Waals surface area (Å²) in [5, 5.41) is 20.9. The average molecular weight is 459 g/mol. The third-order valence-electron chi connectivity index (χ3n) is 3.91. The molecule has 0 radical (unpaired) electrons. The Labute approximate surface area is 188 Å². The predicted octanol–water partition coefficient (Wildman–Crippen LogP) is 3.53. The molecule has 0 spiro atoms. The van der Waals surface area contributed by atoms with Crippen molar-refractivity contribution in [1.29, 1.82) is 5.26 Å². The van der Waals surface area contributed by atoms with E-state index in [-0.39, 0.29) is 28.7 Å². The van der Waals surface area contributed by atoms with Crippen molar-refractivity contribution in [2.45, 2.75) is 6.92 Å². The van der Waals surface area contributed by atoms with Crippen LogP contribution >= 0.6 is 11.6 Å². The van der Waals surface area contributed by atoms with Gasteiger partial charge in [-0.2, -0.15) is 5.26 Å². The smallest absolute Gasteiger partial charge is 0.341 e. The second-order valence-corrected chi connectivity index (χ2v) is 6.55. The Bertz CT molecular complexity index is 1090. The van der Waals surface area contributed by atoms with Crippen LogP contribution in [0.3, 0.4) is 0 Å². The lowest BCUT2D eigenvalue weighted by Crippen LogP contribution is -2.13. The quantitative estimate of drug-likeness (QED) is 0.331. The normalized spacial score (nSPS) is 10.6. The van der Waals surface area contributed by atoms with E-state index in [0.717, 1.165) is 0 Å². The number of carbonyl (C=O) groups excluding carboxylic acids is 2. The number of rotatable bonds is 9. The zero-order valence-corrected chi connectivity index (χ0v) is 17.9. The van der Waals surface area contributed by atoms with Crippen molar-refractivity contribution in [3.05, 3.63) is 58.1 Å². The number of anilines is 1. The topological polar surface area (TPSA) is 135 Å². The van der Waals surface area contributed by atoms with Crippen LogP contribution in [-0.2, 0) is 14.3 Å². The van der Waals surface area contributed by atoms with E-state index in [2.05, 4.69) is 10.1 Å². The minimum atomic E-state index is -1.18. The lowest BCUT2D eigenvalue weighted by molar-refractivity contribution is -0.139. The van der Waals surface area contributed by atoms with E-state index in [1.54, 1.807) is 6.92 Å². The van der Waals surface area contributed by atoms with Gasteiger partial charge in [0.15, 0.2) is 18.1 Å². The van der Waals surface area contributed by atoms with Gasteiger partial charge in [0.1, 0.15) is 11.6 Å². The molecule has 0 saturated carbocycles. The fraction of sp³-hybridized carbons (Fsp3) is 0.182. The maximum atomic E-state index is 12.5. The Morgan fingerprint density at radius 1 is 1.19 bits per heavy atom.